The van der Waals surface area contributed by atoms with E-state index < -0.39 is 0 Å². The minimum atomic E-state index is 0.556. The molecule has 0 unspecified atom stereocenters. The van der Waals surface area contributed by atoms with Gasteiger partial charge in [0.25, 0.3) is 0 Å². The van der Waals surface area contributed by atoms with Crippen LogP contribution in [0.4, 0.5) is 0 Å². The van der Waals surface area contributed by atoms with Gasteiger partial charge >= 0.3 is 0 Å². The SMILES string of the molecule is c1ccc(-c2nc(-c3cccc4oc5ccccc5c34)nc(-c3cccc4oc5c6ccccc6c(-c6ccc7c(c6)oc6ccccc67)cc5c34)n2)cc1. The van der Waals surface area contributed by atoms with E-state index in [-0.39, 0.29) is 0 Å². The number of hydrogen-bond donors (Lipinski definition) is 0. The van der Waals surface area contributed by atoms with Crippen molar-refractivity contribution < 1.29 is 13.3 Å². The zero-order valence-electron chi connectivity index (χ0n) is 29.2. The molecule has 0 aliphatic heterocycles. The fourth-order valence-corrected chi connectivity index (χ4v) is 8.26. The maximum atomic E-state index is 6.75. The Balaban J connectivity index is 1.13. The Labute approximate surface area is 312 Å². The largest absolute Gasteiger partial charge is 0.456 e. The minimum absolute atomic E-state index is 0.556. The van der Waals surface area contributed by atoms with E-state index in [1.807, 2.05) is 91.0 Å². The van der Waals surface area contributed by atoms with Gasteiger partial charge in [-0.1, -0.05) is 121 Å². The molecule has 0 bridgehead atoms. The Morgan fingerprint density at radius 3 is 1.60 bits per heavy atom. The number of rotatable bonds is 4. The first kappa shape index (κ1) is 29.9. The van der Waals surface area contributed by atoms with E-state index in [4.69, 9.17) is 28.2 Å². The first-order chi connectivity index (χ1) is 27.2. The molecule has 256 valence electrons. The normalized spacial score (nSPS) is 12.0. The van der Waals surface area contributed by atoms with Crippen molar-refractivity contribution in [1.29, 1.82) is 0 Å². The quantitative estimate of drug-likeness (QED) is 0.181. The van der Waals surface area contributed by atoms with Crippen LogP contribution in [-0.4, -0.2) is 15.0 Å². The Kier molecular flexibility index (Phi) is 6.24. The third-order valence-electron chi connectivity index (χ3n) is 10.7. The maximum Gasteiger partial charge on any atom is 0.164 e. The highest BCUT2D eigenvalue weighted by molar-refractivity contribution is 6.22. The highest BCUT2D eigenvalue weighted by Crippen LogP contribution is 2.44. The van der Waals surface area contributed by atoms with Gasteiger partial charge in [0, 0.05) is 54.4 Å². The van der Waals surface area contributed by atoms with Crippen LogP contribution < -0.4 is 0 Å². The molecule has 12 aromatic rings. The molecule has 0 saturated heterocycles. The molecule has 55 heavy (non-hydrogen) atoms. The molecule has 0 fully saturated rings. The Hall–Kier alpha value is -7.57. The van der Waals surface area contributed by atoms with E-state index in [0.29, 0.717) is 17.5 Å². The van der Waals surface area contributed by atoms with Gasteiger partial charge in [0.05, 0.1) is 0 Å². The van der Waals surface area contributed by atoms with Crippen molar-refractivity contribution in [1.82, 2.24) is 15.0 Å². The lowest BCUT2D eigenvalue weighted by Gasteiger charge is -2.11. The van der Waals surface area contributed by atoms with Crippen LogP contribution in [0.3, 0.4) is 0 Å². The minimum Gasteiger partial charge on any atom is -0.456 e. The van der Waals surface area contributed by atoms with Crippen LogP contribution in [0.5, 0.6) is 0 Å². The molecular formula is C49H27N3O3. The van der Waals surface area contributed by atoms with Crippen molar-refractivity contribution in [3.63, 3.8) is 0 Å². The van der Waals surface area contributed by atoms with Crippen LogP contribution in [0.2, 0.25) is 0 Å². The smallest absolute Gasteiger partial charge is 0.164 e. The molecule has 6 heteroatoms. The molecule has 4 heterocycles. The van der Waals surface area contributed by atoms with Gasteiger partial charge in [-0.25, -0.2) is 15.0 Å². The topological polar surface area (TPSA) is 78.1 Å². The highest BCUT2D eigenvalue weighted by atomic mass is 16.3. The van der Waals surface area contributed by atoms with Crippen LogP contribution in [0.25, 0.3) is 122 Å². The predicted octanol–water partition coefficient (Wildman–Crippen LogP) is 13.4. The number of furan rings is 3. The molecule has 0 spiro atoms. The van der Waals surface area contributed by atoms with Crippen molar-refractivity contribution in [2.45, 2.75) is 0 Å². The van der Waals surface area contributed by atoms with Crippen LogP contribution in [0.1, 0.15) is 0 Å². The van der Waals surface area contributed by atoms with Gasteiger partial charge in [-0.15, -0.1) is 0 Å². The molecule has 4 aromatic heterocycles. The number of nitrogens with zero attached hydrogens (tertiary/aromatic N) is 3. The van der Waals surface area contributed by atoms with E-state index in [2.05, 4.69) is 72.8 Å². The summed E-state index contributed by atoms with van der Waals surface area (Å²) in [7, 11) is 0. The molecule has 8 aromatic carbocycles. The second-order valence-electron chi connectivity index (χ2n) is 13.9. The second kappa shape index (κ2) is 11.5. The van der Waals surface area contributed by atoms with Crippen molar-refractivity contribution in [3.05, 3.63) is 164 Å². The molecule has 0 atom stereocenters. The lowest BCUT2D eigenvalue weighted by molar-refractivity contribution is 0.668. The van der Waals surface area contributed by atoms with Gasteiger partial charge in [0.1, 0.15) is 33.5 Å². The van der Waals surface area contributed by atoms with Crippen LogP contribution in [-0.2, 0) is 0 Å². The van der Waals surface area contributed by atoms with Crippen molar-refractivity contribution in [2.75, 3.05) is 0 Å². The zero-order chi connectivity index (χ0) is 36.0. The molecular weight excluding hydrogens is 679 g/mol. The first-order valence-electron chi connectivity index (χ1n) is 18.3. The fraction of sp³-hybridized carbons (Fsp3) is 0. The number of para-hydroxylation sites is 2. The third-order valence-corrected chi connectivity index (χ3v) is 10.7. The summed E-state index contributed by atoms with van der Waals surface area (Å²) < 4.78 is 19.4. The van der Waals surface area contributed by atoms with E-state index in [1.54, 1.807) is 0 Å². The van der Waals surface area contributed by atoms with Crippen LogP contribution >= 0.6 is 0 Å². The first-order valence-corrected chi connectivity index (χ1v) is 18.3. The number of benzene rings is 8. The predicted molar refractivity (Wildman–Crippen MR) is 221 cm³/mol. The summed E-state index contributed by atoms with van der Waals surface area (Å²) in [5.41, 5.74) is 9.69. The van der Waals surface area contributed by atoms with E-state index in [0.717, 1.165) is 104 Å². The summed E-state index contributed by atoms with van der Waals surface area (Å²) in [5, 5.41) is 8.24. The lowest BCUT2D eigenvalue weighted by atomic mass is 9.94. The Morgan fingerprint density at radius 2 is 0.836 bits per heavy atom. The van der Waals surface area contributed by atoms with Gasteiger partial charge in [-0.2, -0.15) is 0 Å². The molecule has 0 radical (unpaired) electrons. The van der Waals surface area contributed by atoms with Gasteiger partial charge in [0.15, 0.2) is 17.5 Å². The monoisotopic (exact) mass is 705 g/mol. The van der Waals surface area contributed by atoms with E-state index in [9.17, 15) is 0 Å². The maximum absolute atomic E-state index is 6.75. The number of aromatic nitrogens is 3. The highest BCUT2D eigenvalue weighted by Gasteiger charge is 2.22. The summed E-state index contributed by atoms with van der Waals surface area (Å²) in [4.78, 5) is 15.5. The molecule has 0 saturated carbocycles. The van der Waals surface area contributed by atoms with Gasteiger partial charge in [-0.05, 0) is 59.0 Å². The number of hydrogen-bond acceptors (Lipinski definition) is 6. The molecule has 0 aliphatic rings. The fourth-order valence-electron chi connectivity index (χ4n) is 8.26. The summed E-state index contributed by atoms with van der Waals surface area (Å²) >= 11 is 0. The second-order valence-corrected chi connectivity index (χ2v) is 13.9. The Morgan fingerprint density at radius 1 is 0.291 bits per heavy atom. The summed E-state index contributed by atoms with van der Waals surface area (Å²) in [5.74, 6) is 1.71. The molecule has 12 rings (SSSR count). The van der Waals surface area contributed by atoms with Crippen LogP contribution in [0, 0.1) is 0 Å². The summed E-state index contributed by atoms with van der Waals surface area (Å²) in [6, 6.07) is 55.6. The van der Waals surface area contributed by atoms with Crippen molar-refractivity contribution in [3.8, 4) is 45.3 Å². The lowest BCUT2D eigenvalue weighted by Crippen LogP contribution is -2.00. The standard InChI is InChI=1S/C49H27N3O3/c1-2-12-28(13-3-1)47-50-48(35-18-10-22-41-44(35)34-17-7-9-21-40(34)53-41)52-49(51-47)36-19-11-23-42-45(36)38-27-37(30-14-4-5-16-33(30)46(38)55-42)29-24-25-32-31-15-6-8-20-39(31)54-43(32)26-29/h1-27H. The van der Waals surface area contributed by atoms with E-state index >= 15 is 0 Å². The number of fused-ring (bicyclic) bond motifs is 11. The molecule has 0 aliphatic carbocycles. The van der Waals surface area contributed by atoms with Crippen LogP contribution in [0.15, 0.2) is 177 Å². The molecule has 0 N–H and O–H groups in total. The van der Waals surface area contributed by atoms with Gasteiger partial charge in [0.2, 0.25) is 0 Å². The zero-order valence-corrected chi connectivity index (χ0v) is 29.2. The third kappa shape index (κ3) is 4.52. The molecule has 0 amide bonds. The van der Waals surface area contributed by atoms with Crippen molar-refractivity contribution >= 4 is 76.6 Å². The Bertz CT molecular complexity index is 3500. The van der Waals surface area contributed by atoms with Gasteiger partial charge < -0.3 is 13.3 Å². The molecule has 6 nitrogen and oxygen atoms in total. The van der Waals surface area contributed by atoms with E-state index in [1.165, 1.54) is 0 Å². The van der Waals surface area contributed by atoms with Crippen molar-refractivity contribution in [2.24, 2.45) is 0 Å². The summed E-state index contributed by atoms with van der Waals surface area (Å²) in [6.45, 7) is 0. The average molecular weight is 706 g/mol. The average Bonchev–Trinajstić information content (AvgIpc) is 3.94. The summed E-state index contributed by atoms with van der Waals surface area (Å²) in [6.07, 6.45) is 0. The van der Waals surface area contributed by atoms with Gasteiger partial charge in [-0.3, -0.25) is 0 Å².